The maximum absolute atomic E-state index is 12.1. The van der Waals surface area contributed by atoms with Crippen LogP contribution in [0.3, 0.4) is 0 Å². The van der Waals surface area contributed by atoms with Gasteiger partial charge in [0.1, 0.15) is 0 Å². The second kappa shape index (κ2) is 5.38. The van der Waals surface area contributed by atoms with Crippen molar-refractivity contribution in [2.24, 2.45) is 13.0 Å². The lowest BCUT2D eigenvalue weighted by Crippen LogP contribution is -2.42. The highest BCUT2D eigenvalue weighted by molar-refractivity contribution is 7.89. The molecule has 1 atom stereocenters. The van der Waals surface area contributed by atoms with Crippen LogP contribution in [0.4, 0.5) is 0 Å². The van der Waals surface area contributed by atoms with E-state index in [0.717, 1.165) is 25.9 Å². The zero-order valence-corrected chi connectivity index (χ0v) is 11.6. The largest absolute Gasteiger partial charge is 0.339 e. The zero-order chi connectivity index (χ0) is 13.2. The maximum atomic E-state index is 12.1. The van der Waals surface area contributed by atoms with Crippen LogP contribution in [0.25, 0.3) is 0 Å². The molecule has 0 spiro atoms. The third-order valence-corrected chi connectivity index (χ3v) is 4.83. The number of rotatable bonds is 4. The second-order valence-corrected chi connectivity index (χ2v) is 6.54. The molecule has 0 saturated carbocycles. The van der Waals surface area contributed by atoms with Gasteiger partial charge in [0.2, 0.25) is 0 Å². The Hall–Kier alpha value is -0.920. The Labute approximate surface area is 108 Å². The molecule has 0 aliphatic carbocycles. The molecule has 1 aliphatic heterocycles. The first-order valence-corrected chi connectivity index (χ1v) is 7.68. The van der Waals surface area contributed by atoms with Gasteiger partial charge in [0.25, 0.3) is 10.0 Å². The van der Waals surface area contributed by atoms with Gasteiger partial charge >= 0.3 is 0 Å². The number of hydrogen-bond donors (Lipinski definition) is 2. The Balaban J connectivity index is 2.03. The SMILES string of the molecule is CC(NS(=O)(=O)c1cn(C)cn1)C1CCNCC1. The molecule has 1 saturated heterocycles. The van der Waals surface area contributed by atoms with Gasteiger partial charge in [0.05, 0.1) is 6.33 Å². The highest BCUT2D eigenvalue weighted by Gasteiger charge is 2.26. The zero-order valence-electron chi connectivity index (χ0n) is 10.8. The number of piperidine rings is 1. The molecule has 0 radical (unpaired) electrons. The van der Waals surface area contributed by atoms with Crippen LogP contribution >= 0.6 is 0 Å². The number of nitrogens with zero attached hydrogens (tertiary/aromatic N) is 2. The van der Waals surface area contributed by atoms with Crippen LogP contribution in [0.5, 0.6) is 0 Å². The van der Waals surface area contributed by atoms with Crippen LogP contribution in [0.15, 0.2) is 17.6 Å². The molecule has 2 N–H and O–H groups in total. The Morgan fingerprint density at radius 2 is 2.17 bits per heavy atom. The fraction of sp³-hybridized carbons (Fsp3) is 0.727. The number of aromatic nitrogens is 2. The summed E-state index contributed by atoms with van der Waals surface area (Å²) < 4.78 is 28.5. The van der Waals surface area contributed by atoms with Gasteiger partial charge in [-0.25, -0.2) is 18.1 Å². The molecule has 1 aromatic heterocycles. The van der Waals surface area contributed by atoms with Gasteiger partial charge in [-0.15, -0.1) is 0 Å². The Morgan fingerprint density at radius 3 is 2.72 bits per heavy atom. The van der Waals surface area contributed by atoms with E-state index in [1.807, 2.05) is 6.92 Å². The van der Waals surface area contributed by atoms with Crippen LogP contribution in [0, 0.1) is 5.92 Å². The summed E-state index contributed by atoms with van der Waals surface area (Å²) in [5, 5.41) is 3.36. The van der Waals surface area contributed by atoms with Crippen LogP contribution in [-0.4, -0.2) is 37.1 Å². The van der Waals surface area contributed by atoms with Gasteiger partial charge in [-0.05, 0) is 38.8 Å². The fourth-order valence-electron chi connectivity index (χ4n) is 2.27. The summed E-state index contributed by atoms with van der Waals surface area (Å²) >= 11 is 0. The van der Waals surface area contributed by atoms with Crippen molar-refractivity contribution in [3.05, 3.63) is 12.5 Å². The molecule has 2 heterocycles. The van der Waals surface area contributed by atoms with E-state index in [-0.39, 0.29) is 11.1 Å². The van der Waals surface area contributed by atoms with E-state index < -0.39 is 10.0 Å². The van der Waals surface area contributed by atoms with Crippen molar-refractivity contribution >= 4 is 10.0 Å². The molecule has 18 heavy (non-hydrogen) atoms. The Bertz CT molecular complexity index is 491. The van der Waals surface area contributed by atoms with Crippen LogP contribution in [-0.2, 0) is 17.1 Å². The summed E-state index contributed by atoms with van der Waals surface area (Å²) in [7, 11) is -1.74. The Kier molecular flexibility index (Phi) is 4.04. The first-order valence-electron chi connectivity index (χ1n) is 6.20. The van der Waals surface area contributed by atoms with Gasteiger partial charge < -0.3 is 9.88 Å². The number of imidazole rings is 1. The molecule has 102 valence electrons. The standard InChI is InChI=1S/C11H20N4O2S/c1-9(10-3-5-12-6-4-10)14-18(16,17)11-7-15(2)8-13-11/h7-10,12,14H,3-6H2,1-2H3. The van der Waals surface area contributed by atoms with E-state index in [1.165, 1.54) is 12.5 Å². The summed E-state index contributed by atoms with van der Waals surface area (Å²) in [6, 6.07) is -0.0564. The van der Waals surface area contributed by atoms with Crippen molar-refractivity contribution in [1.29, 1.82) is 0 Å². The van der Waals surface area contributed by atoms with Gasteiger partial charge in [-0.1, -0.05) is 0 Å². The molecule has 6 nitrogen and oxygen atoms in total. The molecule has 2 rings (SSSR count). The van der Waals surface area contributed by atoms with Crippen LogP contribution < -0.4 is 10.0 Å². The fourth-order valence-corrected chi connectivity index (χ4v) is 3.57. The molecule has 1 unspecified atom stereocenters. The minimum Gasteiger partial charge on any atom is -0.339 e. The summed E-state index contributed by atoms with van der Waals surface area (Å²) in [6.07, 6.45) is 5.01. The average molecular weight is 272 g/mol. The average Bonchev–Trinajstić information content (AvgIpc) is 2.77. The first kappa shape index (κ1) is 13.5. The van der Waals surface area contributed by atoms with E-state index in [0.29, 0.717) is 5.92 Å². The second-order valence-electron chi connectivity index (χ2n) is 4.87. The minimum absolute atomic E-state index is 0.0564. The Morgan fingerprint density at radius 1 is 1.50 bits per heavy atom. The molecular formula is C11H20N4O2S. The predicted molar refractivity (Wildman–Crippen MR) is 68.6 cm³/mol. The predicted octanol–water partition coefficient (Wildman–Crippen LogP) is 0.0865. The minimum atomic E-state index is -3.49. The first-order chi connectivity index (χ1) is 8.49. The van der Waals surface area contributed by atoms with Gasteiger partial charge in [0.15, 0.2) is 5.03 Å². The number of aryl methyl sites for hydroxylation is 1. The quantitative estimate of drug-likeness (QED) is 0.814. The number of hydrogen-bond acceptors (Lipinski definition) is 4. The van der Waals surface area contributed by atoms with E-state index in [9.17, 15) is 8.42 Å². The van der Waals surface area contributed by atoms with Gasteiger partial charge in [0, 0.05) is 19.3 Å². The number of nitrogens with one attached hydrogen (secondary N) is 2. The smallest absolute Gasteiger partial charge is 0.259 e. The monoisotopic (exact) mass is 272 g/mol. The van der Waals surface area contributed by atoms with Crippen molar-refractivity contribution in [3.63, 3.8) is 0 Å². The number of sulfonamides is 1. The van der Waals surface area contributed by atoms with E-state index in [2.05, 4.69) is 15.0 Å². The molecular weight excluding hydrogens is 252 g/mol. The third-order valence-electron chi connectivity index (χ3n) is 3.39. The van der Waals surface area contributed by atoms with Crippen molar-refractivity contribution in [1.82, 2.24) is 19.6 Å². The van der Waals surface area contributed by atoms with Gasteiger partial charge in [-0.2, -0.15) is 0 Å². The van der Waals surface area contributed by atoms with Gasteiger partial charge in [-0.3, -0.25) is 0 Å². The molecule has 0 amide bonds. The molecule has 0 aromatic carbocycles. The van der Waals surface area contributed by atoms with E-state index in [4.69, 9.17) is 0 Å². The van der Waals surface area contributed by atoms with Crippen molar-refractivity contribution < 1.29 is 8.42 Å². The van der Waals surface area contributed by atoms with E-state index >= 15 is 0 Å². The molecule has 1 fully saturated rings. The molecule has 1 aromatic rings. The highest BCUT2D eigenvalue weighted by Crippen LogP contribution is 2.17. The maximum Gasteiger partial charge on any atom is 0.259 e. The lowest BCUT2D eigenvalue weighted by molar-refractivity contribution is 0.316. The topological polar surface area (TPSA) is 76.0 Å². The van der Waals surface area contributed by atoms with Crippen LogP contribution in [0.1, 0.15) is 19.8 Å². The summed E-state index contributed by atoms with van der Waals surface area (Å²) in [5.74, 6) is 0.393. The van der Waals surface area contributed by atoms with Crippen molar-refractivity contribution in [3.8, 4) is 0 Å². The lowest BCUT2D eigenvalue weighted by Gasteiger charge is -2.28. The lowest BCUT2D eigenvalue weighted by atomic mass is 9.92. The molecule has 1 aliphatic rings. The summed E-state index contributed by atoms with van der Waals surface area (Å²) in [5.41, 5.74) is 0. The highest BCUT2D eigenvalue weighted by atomic mass is 32.2. The normalized spacial score (nSPS) is 19.9. The summed E-state index contributed by atoms with van der Waals surface area (Å²) in [6.45, 7) is 3.84. The molecule has 0 bridgehead atoms. The van der Waals surface area contributed by atoms with Crippen molar-refractivity contribution in [2.75, 3.05) is 13.1 Å². The van der Waals surface area contributed by atoms with E-state index in [1.54, 1.807) is 11.6 Å². The van der Waals surface area contributed by atoms with Crippen LogP contribution in [0.2, 0.25) is 0 Å². The molecule has 7 heteroatoms. The third kappa shape index (κ3) is 3.09. The van der Waals surface area contributed by atoms with Crippen molar-refractivity contribution in [2.45, 2.75) is 30.8 Å². The summed E-state index contributed by atoms with van der Waals surface area (Å²) in [4.78, 5) is 3.89.